The molecule has 126 valence electrons. The maximum atomic E-state index is 12.8. The van der Waals surface area contributed by atoms with E-state index in [-0.39, 0.29) is 13.2 Å². The van der Waals surface area contributed by atoms with Gasteiger partial charge in [0.2, 0.25) is 0 Å². The number of rotatable bonds is 6. The first-order valence-corrected chi connectivity index (χ1v) is 6.66. The summed E-state index contributed by atoms with van der Waals surface area (Å²) >= 11 is 0. The fourth-order valence-corrected chi connectivity index (χ4v) is 2.41. The number of hydrogen-bond donors (Lipinski definition) is 2. The first kappa shape index (κ1) is 16.9. The molecule has 23 heavy (non-hydrogen) atoms. The zero-order valence-electron chi connectivity index (χ0n) is 12.1. The molecule has 1 heterocycles. The van der Waals surface area contributed by atoms with Crippen molar-refractivity contribution in [2.45, 2.75) is 18.5 Å². The second kappa shape index (κ2) is 6.73. The summed E-state index contributed by atoms with van der Waals surface area (Å²) in [6.07, 6.45) is -2.72. The normalized spacial score (nSPS) is 19.0. The molecule has 1 aliphatic rings. The number of phenols is 1. The molecule has 10 heteroatoms. The Labute approximate surface area is 129 Å². The largest absolute Gasteiger partial charge is 0.502 e. The number of nitro groups is 1. The molecule has 1 aliphatic heterocycles. The van der Waals surface area contributed by atoms with Gasteiger partial charge in [-0.2, -0.15) is 0 Å². The second-order valence-electron chi connectivity index (χ2n) is 5.02. The minimum Gasteiger partial charge on any atom is -0.502 e. The predicted molar refractivity (Wildman–Crippen MR) is 74.4 cm³/mol. The molecule has 2 amide bonds. The molecule has 1 saturated heterocycles. The Morgan fingerprint density at radius 2 is 2.26 bits per heavy atom. The van der Waals surface area contributed by atoms with Crippen molar-refractivity contribution >= 4 is 11.7 Å². The number of phenolic OH excluding ortho intramolecular Hbond substituents is 1. The molecule has 2 rings (SSSR count). The summed E-state index contributed by atoms with van der Waals surface area (Å²) in [5, 5.41) is 22.5. The lowest BCUT2D eigenvalue weighted by atomic mass is 10.0. The minimum absolute atomic E-state index is 0.0364. The highest BCUT2D eigenvalue weighted by Crippen LogP contribution is 2.32. The molecule has 1 aromatic carbocycles. The van der Waals surface area contributed by atoms with Crippen molar-refractivity contribution in [1.29, 1.82) is 0 Å². The van der Waals surface area contributed by atoms with E-state index < -0.39 is 40.9 Å². The van der Waals surface area contributed by atoms with E-state index >= 15 is 0 Å². The number of aromatic hydroxyl groups is 1. The highest BCUT2D eigenvalue weighted by Gasteiger charge is 2.39. The average molecular weight is 331 g/mol. The number of ether oxygens (including phenoxy) is 1. The molecular weight excluding hydrogens is 316 g/mol. The van der Waals surface area contributed by atoms with Crippen molar-refractivity contribution in [3.05, 3.63) is 33.9 Å². The fourth-order valence-electron chi connectivity index (χ4n) is 2.41. The molecule has 1 fully saturated rings. The molecule has 1 unspecified atom stereocenters. The number of urea groups is 1. The number of benzene rings is 1. The minimum atomic E-state index is -2.72. The summed E-state index contributed by atoms with van der Waals surface area (Å²) in [5.74, 6) is -0.522. The highest BCUT2D eigenvalue weighted by atomic mass is 19.3. The van der Waals surface area contributed by atoms with Crippen LogP contribution in [-0.4, -0.2) is 53.7 Å². The molecule has 1 aromatic rings. The summed E-state index contributed by atoms with van der Waals surface area (Å²) < 4.78 is 30.5. The Morgan fingerprint density at radius 3 is 2.78 bits per heavy atom. The van der Waals surface area contributed by atoms with Crippen LogP contribution in [0.4, 0.5) is 19.3 Å². The van der Waals surface area contributed by atoms with Crippen LogP contribution in [0.1, 0.15) is 11.6 Å². The zero-order valence-corrected chi connectivity index (χ0v) is 12.1. The second-order valence-corrected chi connectivity index (χ2v) is 5.02. The number of carbonyl (C=O) groups is 1. The van der Waals surface area contributed by atoms with E-state index in [0.29, 0.717) is 5.56 Å². The standard InChI is InChI=1S/C13H15F2N3O5/c1-23-6-10(17-5-8(12(14)15)16-13(17)20)7-2-3-11(19)9(4-7)18(21)22/h2-4,8,10,12,19H,5-6H2,1H3,(H,16,20)/t8-,10?/m0/s1. The highest BCUT2D eigenvalue weighted by molar-refractivity contribution is 5.77. The smallest absolute Gasteiger partial charge is 0.318 e. The van der Waals surface area contributed by atoms with Crippen molar-refractivity contribution in [3.63, 3.8) is 0 Å². The van der Waals surface area contributed by atoms with Gasteiger partial charge in [-0.05, 0) is 11.6 Å². The molecule has 8 nitrogen and oxygen atoms in total. The number of hydrogen-bond acceptors (Lipinski definition) is 5. The summed E-state index contributed by atoms with van der Waals surface area (Å²) in [4.78, 5) is 23.2. The van der Waals surface area contributed by atoms with E-state index in [1.807, 2.05) is 0 Å². The Kier molecular flexibility index (Phi) is 4.94. The summed E-state index contributed by atoms with van der Waals surface area (Å²) in [5.41, 5.74) is -0.227. The molecule has 0 bridgehead atoms. The van der Waals surface area contributed by atoms with Crippen molar-refractivity contribution in [2.24, 2.45) is 0 Å². The SMILES string of the molecule is COCC(c1ccc(O)c([N+](=O)[O-])c1)N1C[C@@H](C(F)F)NC1=O. The zero-order chi connectivity index (χ0) is 17.1. The lowest BCUT2D eigenvalue weighted by Crippen LogP contribution is -2.34. The number of nitrogens with one attached hydrogen (secondary N) is 1. The number of carbonyl (C=O) groups excluding carboxylic acids is 1. The molecule has 0 radical (unpaired) electrons. The van der Waals surface area contributed by atoms with Crippen molar-refractivity contribution in [3.8, 4) is 5.75 Å². The number of nitro benzene ring substituents is 1. The van der Waals surface area contributed by atoms with Gasteiger partial charge >= 0.3 is 11.7 Å². The Balaban J connectivity index is 2.34. The number of nitrogens with zero attached hydrogens (tertiary/aromatic N) is 2. The van der Waals surface area contributed by atoms with Gasteiger partial charge in [0.05, 0.1) is 17.6 Å². The monoisotopic (exact) mass is 331 g/mol. The number of halogens is 2. The molecular formula is C13H15F2N3O5. The molecule has 0 aliphatic carbocycles. The van der Waals surface area contributed by atoms with Crippen molar-refractivity contribution in [2.75, 3.05) is 20.3 Å². The average Bonchev–Trinajstić information content (AvgIpc) is 2.87. The predicted octanol–water partition coefficient (Wildman–Crippen LogP) is 1.65. The molecule has 0 spiro atoms. The van der Waals surface area contributed by atoms with E-state index in [9.17, 15) is 28.8 Å². The van der Waals surface area contributed by atoms with Gasteiger partial charge < -0.3 is 20.1 Å². The van der Waals surface area contributed by atoms with Gasteiger partial charge in [-0.3, -0.25) is 10.1 Å². The van der Waals surface area contributed by atoms with Crippen LogP contribution >= 0.6 is 0 Å². The molecule has 0 saturated carbocycles. The van der Waals surface area contributed by atoms with Crippen LogP contribution in [0.25, 0.3) is 0 Å². The van der Waals surface area contributed by atoms with Crippen LogP contribution in [0, 0.1) is 10.1 Å². The van der Waals surface area contributed by atoms with Crippen LogP contribution in [0.15, 0.2) is 18.2 Å². The number of methoxy groups -OCH3 is 1. The maximum Gasteiger partial charge on any atom is 0.318 e. The fraction of sp³-hybridized carbons (Fsp3) is 0.462. The van der Waals surface area contributed by atoms with Gasteiger partial charge in [0.25, 0.3) is 6.43 Å². The van der Waals surface area contributed by atoms with Gasteiger partial charge in [0.1, 0.15) is 6.04 Å². The topological polar surface area (TPSA) is 105 Å². The molecule has 0 aromatic heterocycles. The van der Waals surface area contributed by atoms with E-state index in [0.717, 1.165) is 17.0 Å². The van der Waals surface area contributed by atoms with E-state index in [2.05, 4.69) is 5.32 Å². The van der Waals surface area contributed by atoms with Crippen molar-refractivity contribution < 1.29 is 28.3 Å². The van der Waals surface area contributed by atoms with Crippen molar-refractivity contribution in [1.82, 2.24) is 10.2 Å². The van der Waals surface area contributed by atoms with Crippen LogP contribution in [0.3, 0.4) is 0 Å². The lowest BCUT2D eigenvalue weighted by molar-refractivity contribution is -0.386. The van der Waals surface area contributed by atoms with E-state index in [4.69, 9.17) is 4.74 Å². The van der Waals surface area contributed by atoms with Gasteiger partial charge in [-0.25, -0.2) is 13.6 Å². The Hall–Kier alpha value is -2.49. The first-order chi connectivity index (χ1) is 10.8. The Bertz CT molecular complexity index is 613. The van der Waals surface area contributed by atoms with Gasteiger partial charge in [-0.15, -0.1) is 0 Å². The van der Waals surface area contributed by atoms with E-state index in [1.165, 1.54) is 13.2 Å². The number of alkyl halides is 2. The molecule has 2 atom stereocenters. The van der Waals surface area contributed by atoms with E-state index in [1.54, 1.807) is 0 Å². The third-order valence-corrected chi connectivity index (χ3v) is 3.55. The Morgan fingerprint density at radius 1 is 1.57 bits per heavy atom. The van der Waals surface area contributed by atoms with Crippen LogP contribution in [0.2, 0.25) is 0 Å². The quantitative estimate of drug-likeness (QED) is 0.609. The molecule has 2 N–H and O–H groups in total. The van der Waals surface area contributed by atoms with Gasteiger partial charge in [-0.1, -0.05) is 6.07 Å². The van der Waals surface area contributed by atoms with Crippen LogP contribution in [0.5, 0.6) is 5.75 Å². The summed E-state index contributed by atoms with van der Waals surface area (Å²) in [6, 6.07) is 0.802. The first-order valence-electron chi connectivity index (χ1n) is 6.66. The number of amides is 2. The van der Waals surface area contributed by atoms with Gasteiger partial charge in [0, 0.05) is 19.7 Å². The lowest BCUT2D eigenvalue weighted by Gasteiger charge is -2.26. The summed E-state index contributed by atoms with van der Waals surface area (Å²) in [7, 11) is 1.36. The van der Waals surface area contributed by atoms with Crippen LogP contribution in [-0.2, 0) is 4.74 Å². The maximum absolute atomic E-state index is 12.8. The van der Waals surface area contributed by atoms with Gasteiger partial charge in [0.15, 0.2) is 5.75 Å². The van der Waals surface area contributed by atoms with Crippen LogP contribution < -0.4 is 5.32 Å². The third-order valence-electron chi connectivity index (χ3n) is 3.55. The summed E-state index contributed by atoms with van der Waals surface area (Å²) in [6.45, 7) is -0.287. The third kappa shape index (κ3) is 3.47.